The second-order valence-corrected chi connectivity index (χ2v) is 5.09. The number of hydrogen-bond donors (Lipinski definition) is 0. The molecule has 17 heavy (non-hydrogen) atoms. The Hall–Kier alpha value is -1.88. The molecule has 0 aliphatic carbocycles. The average molecular weight is 249 g/mol. The number of benzene rings is 1. The summed E-state index contributed by atoms with van der Waals surface area (Å²) in [5.41, 5.74) is 1.04. The maximum Gasteiger partial charge on any atom is 0.340 e. The van der Waals surface area contributed by atoms with Gasteiger partial charge in [0, 0.05) is 12.4 Å². The van der Waals surface area contributed by atoms with Crippen molar-refractivity contribution >= 4 is 10.1 Å². The van der Waals surface area contributed by atoms with Gasteiger partial charge in [-0.1, -0.05) is 17.7 Å². The molecule has 5 heteroatoms. The minimum absolute atomic E-state index is 0.0422. The van der Waals surface area contributed by atoms with Gasteiger partial charge in [-0.25, -0.2) is 0 Å². The Morgan fingerprint density at radius 3 is 2.41 bits per heavy atom. The molecular formula is C12H11NO3S. The molecule has 0 aliphatic rings. The fourth-order valence-electron chi connectivity index (χ4n) is 1.26. The fourth-order valence-corrected chi connectivity index (χ4v) is 2.16. The number of pyridine rings is 1. The van der Waals surface area contributed by atoms with Gasteiger partial charge in [-0.3, -0.25) is 4.98 Å². The van der Waals surface area contributed by atoms with Crippen LogP contribution in [0.15, 0.2) is 53.7 Å². The molecule has 0 spiro atoms. The lowest BCUT2D eigenvalue weighted by Crippen LogP contribution is -2.09. The molecule has 0 saturated heterocycles. The molecule has 0 saturated carbocycles. The molecule has 0 N–H and O–H groups in total. The zero-order valence-electron chi connectivity index (χ0n) is 9.20. The summed E-state index contributed by atoms with van der Waals surface area (Å²) in [6.45, 7) is 1.92. The molecule has 0 unspecified atom stereocenters. The van der Waals surface area contributed by atoms with E-state index in [1.165, 1.54) is 18.5 Å². The Balaban J connectivity index is 2.27. The first-order valence-corrected chi connectivity index (χ1v) is 6.40. The SMILES string of the molecule is Cc1ccc(OS(=O)(=O)c2cccnc2)cc1. The summed E-state index contributed by atoms with van der Waals surface area (Å²) in [6.07, 6.45) is 2.76. The summed E-state index contributed by atoms with van der Waals surface area (Å²) >= 11 is 0. The topological polar surface area (TPSA) is 56.3 Å². The summed E-state index contributed by atoms with van der Waals surface area (Å²) < 4.78 is 28.6. The zero-order chi connectivity index (χ0) is 12.3. The number of rotatable bonds is 3. The van der Waals surface area contributed by atoms with Crippen LogP contribution >= 0.6 is 0 Å². The molecule has 88 valence electrons. The van der Waals surface area contributed by atoms with E-state index in [-0.39, 0.29) is 4.90 Å². The molecule has 4 nitrogen and oxygen atoms in total. The molecule has 2 aromatic rings. The molecule has 2 rings (SSSR count). The first kappa shape index (κ1) is 11.6. The van der Waals surface area contributed by atoms with Gasteiger partial charge in [0.15, 0.2) is 0 Å². The molecule has 1 aromatic carbocycles. The number of aromatic nitrogens is 1. The van der Waals surface area contributed by atoms with Crippen molar-refractivity contribution in [3.05, 3.63) is 54.4 Å². The summed E-state index contributed by atoms with van der Waals surface area (Å²) in [5.74, 6) is 0.291. The Labute approximate surface area is 100 Å². The Bertz CT molecular complexity index is 591. The molecule has 0 amide bonds. The second-order valence-electron chi connectivity index (χ2n) is 3.54. The lowest BCUT2D eigenvalue weighted by atomic mass is 10.2. The van der Waals surface area contributed by atoms with E-state index in [0.717, 1.165) is 5.56 Å². The van der Waals surface area contributed by atoms with Crippen LogP contribution in [0, 0.1) is 6.92 Å². The van der Waals surface area contributed by atoms with Crippen LogP contribution in [0.25, 0.3) is 0 Å². The van der Waals surface area contributed by atoms with Crippen LogP contribution in [0.2, 0.25) is 0 Å². The Morgan fingerprint density at radius 1 is 1.12 bits per heavy atom. The maximum absolute atomic E-state index is 11.8. The van der Waals surface area contributed by atoms with Crippen LogP contribution in [0.5, 0.6) is 5.75 Å². The highest BCUT2D eigenvalue weighted by Crippen LogP contribution is 2.18. The van der Waals surface area contributed by atoms with E-state index < -0.39 is 10.1 Å². The Kier molecular flexibility index (Phi) is 3.10. The smallest absolute Gasteiger partial charge is 0.340 e. The molecular weight excluding hydrogens is 238 g/mol. The molecule has 0 atom stereocenters. The van der Waals surface area contributed by atoms with Gasteiger partial charge in [0.25, 0.3) is 0 Å². The van der Waals surface area contributed by atoms with Crippen molar-refractivity contribution in [3.8, 4) is 5.75 Å². The molecule has 0 aliphatic heterocycles. The summed E-state index contributed by atoms with van der Waals surface area (Å²) in [7, 11) is -3.79. The van der Waals surface area contributed by atoms with Crippen LogP contribution in [0.4, 0.5) is 0 Å². The third-order valence-electron chi connectivity index (χ3n) is 2.15. The highest BCUT2D eigenvalue weighted by Gasteiger charge is 2.16. The van der Waals surface area contributed by atoms with Crippen LogP contribution in [0.1, 0.15) is 5.56 Å². The molecule has 0 fully saturated rings. The first-order chi connectivity index (χ1) is 8.08. The van der Waals surface area contributed by atoms with Gasteiger partial charge in [0.05, 0.1) is 0 Å². The van der Waals surface area contributed by atoms with Crippen molar-refractivity contribution in [2.45, 2.75) is 11.8 Å². The minimum atomic E-state index is -3.79. The highest BCUT2D eigenvalue weighted by molar-refractivity contribution is 7.87. The molecule has 0 radical (unpaired) electrons. The number of hydrogen-bond acceptors (Lipinski definition) is 4. The zero-order valence-corrected chi connectivity index (χ0v) is 10.0. The molecule has 0 bridgehead atoms. The molecule has 1 heterocycles. The van der Waals surface area contributed by atoms with Crippen molar-refractivity contribution < 1.29 is 12.6 Å². The van der Waals surface area contributed by atoms with Crippen molar-refractivity contribution in [1.29, 1.82) is 0 Å². The monoisotopic (exact) mass is 249 g/mol. The van der Waals surface area contributed by atoms with E-state index in [2.05, 4.69) is 4.98 Å². The number of aryl methyl sites for hydroxylation is 1. The Morgan fingerprint density at radius 2 is 1.82 bits per heavy atom. The second kappa shape index (κ2) is 4.55. The molecule has 1 aromatic heterocycles. The normalized spacial score (nSPS) is 11.1. The van der Waals surface area contributed by atoms with Crippen molar-refractivity contribution in [1.82, 2.24) is 4.98 Å². The lowest BCUT2D eigenvalue weighted by molar-refractivity contribution is 0.485. The van der Waals surface area contributed by atoms with E-state index >= 15 is 0 Å². The average Bonchev–Trinajstić information content (AvgIpc) is 2.33. The predicted octanol–water partition coefficient (Wildman–Crippen LogP) is 2.16. The van der Waals surface area contributed by atoms with Crippen molar-refractivity contribution in [2.75, 3.05) is 0 Å². The van der Waals surface area contributed by atoms with Gasteiger partial charge in [-0.2, -0.15) is 8.42 Å². The van der Waals surface area contributed by atoms with Gasteiger partial charge in [-0.15, -0.1) is 0 Å². The van der Waals surface area contributed by atoms with E-state index in [1.54, 1.807) is 30.3 Å². The van der Waals surface area contributed by atoms with E-state index in [4.69, 9.17) is 4.18 Å². The standard InChI is InChI=1S/C12H11NO3S/c1-10-4-6-11(7-5-10)16-17(14,15)12-3-2-8-13-9-12/h2-9H,1H3. The van der Waals surface area contributed by atoms with E-state index in [1.807, 2.05) is 6.92 Å². The summed E-state index contributed by atoms with van der Waals surface area (Å²) in [4.78, 5) is 3.79. The first-order valence-electron chi connectivity index (χ1n) is 4.99. The van der Waals surface area contributed by atoms with Crippen molar-refractivity contribution in [3.63, 3.8) is 0 Å². The van der Waals surface area contributed by atoms with Gasteiger partial charge in [0.2, 0.25) is 0 Å². The van der Waals surface area contributed by atoms with Gasteiger partial charge >= 0.3 is 10.1 Å². The van der Waals surface area contributed by atoms with Gasteiger partial charge in [-0.05, 0) is 31.2 Å². The highest BCUT2D eigenvalue weighted by atomic mass is 32.2. The van der Waals surface area contributed by atoms with Crippen LogP contribution in [-0.4, -0.2) is 13.4 Å². The van der Waals surface area contributed by atoms with E-state index in [9.17, 15) is 8.42 Å². The van der Waals surface area contributed by atoms with Crippen LogP contribution in [0.3, 0.4) is 0 Å². The van der Waals surface area contributed by atoms with Crippen LogP contribution < -0.4 is 4.18 Å². The van der Waals surface area contributed by atoms with Crippen LogP contribution in [-0.2, 0) is 10.1 Å². The summed E-state index contributed by atoms with van der Waals surface area (Å²) in [5, 5.41) is 0. The number of nitrogens with zero attached hydrogens (tertiary/aromatic N) is 1. The van der Waals surface area contributed by atoms with E-state index in [0.29, 0.717) is 5.75 Å². The third-order valence-corrected chi connectivity index (χ3v) is 3.38. The quantitative estimate of drug-likeness (QED) is 0.782. The van der Waals surface area contributed by atoms with Gasteiger partial charge in [0.1, 0.15) is 10.6 Å². The summed E-state index contributed by atoms with van der Waals surface area (Å²) in [6, 6.07) is 9.79. The fraction of sp³-hybridized carbons (Fsp3) is 0.0833. The largest absolute Gasteiger partial charge is 0.379 e. The lowest BCUT2D eigenvalue weighted by Gasteiger charge is -2.06. The van der Waals surface area contributed by atoms with Crippen molar-refractivity contribution in [2.24, 2.45) is 0 Å². The minimum Gasteiger partial charge on any atom is -0.379 e. The third kappa shape index (κ3) is 2.82. The maximum atomic E-state index is 11.8. The van der Waals surface area contributed by atoms with Gasteiger partial charge < -0.3 is 4.18 Å². The predicted molar refractivity (Wildman–Crippen MR) is 63.2 cm³/mol.